The molecule has 0 fully saturated rings. The van der Waals surface area contributed by atoms with E-state index in [9.17, 15) is 14.4 Å². The molecule has 6 nitrogen and oxygen atoms in total. The van der Waals surface area contributed by atoms with Crippen LogP contribution in [0.4, 0.5) is 11.4 Å². The minimum atomic E-state index is -1.04. The molecule has 0 unspecified atom stereocenters. The Morgan fingerprint density at radius 3 is 2.07 bits per heavy atom. The number of carboxylic acids is 1. The van der Waals surface area contributed by atoms with E-state index in [1.54, 1.807) is 42.5 Å². The average Bonchev–Trinajstić information content (AvgIpc) is 2.69. The summed E-state index contributed by atoms with van der Waals surface area (Å²) in [7, 11) is 0. The van der Waals surface area contributed by atoms with Crippen LogP contribution in [0.1, 0.15) is 31.1 Å². The number of hydrogen-bond donors (Lipinski definition) is 3. The van der Waals surface area contributed by atoms with Gasteiger partial charge in [-0.2, -0.15) is 0 Å². The molecule has 3 N–H and O–H groups in total. The summed E-state index contributed by atoms with van der Waals surface area (Å²) in [5.41, 5.74) is 1.69. The molecule has 0 saturated heterocycles. The Hall–Kier alpha value is -3.64. The Kier molecular flexibility index (Phi) is 5.72. The maximum atomic E-state index is 12.4. The van der Waals surface area contributed by atoms with Gasteiger partial charge in [0.05, 0.1) is 16.1 Å². The molecule has 7 heteroatoms. The predicted molar refractivity (Wildman–Crippen MR) is 107 cm³/mol. The lowest BCUT2D eigenvalue weighted by Gasteiger charge is -2.09. The van der Waals surface area contributed by atoms with Crippen LogP contribution in [-0.2, 0) is 0 Å². The van der Waals surface area contributed by atoms with E-state index in [0.717, 1.165) is 0 Å². The molecule has 0 bridgehead atoms. The first kappa shape index (κ1) is 19.1. The maximum Gasteiger partial charge on any atom is 0.335 e. The van der Waals surface area contributed by atoms with Crippen molar-refractivity contribution in [3.8, 4) is 0 Å². The molecular formula is C21H15ClN2O4. The van der Waals surface area contributed by atoms with E-state index in [4.69, 9.17) is 16.7 Å². The minimum Gasteiger partial charge on any atom is -0.478 e. The summed E-state index contributed by atoms with van der Waals surface area (Å²) in [6, 6.07) is 18.9. The molecule has 0 heterocycles. The van der Waals surface area contributed by atoms with Gasteiger partial charge in [-0.3, -0.25) is 9.59 Å². The second kappa shape index (κ2) is 8.37. The highest BCUT2D eigenvalue weighted by atomic mass is 35.5. The van der Waals surface area contributed by atoms with Crippen LogP contribution in [0, 0.1) is 0 Å². The molecule has 28 heavy (non-hydrogen) atoms. The molecule has 0 aliphatic heterocycles. The lowest BCUT2D eigenvalue weighted by Crippen LogP contribution is -2.15. The Morgan fingerprint density at radius 2 is 1.39 bits per heavy atom. The van der Waals surface area contributed by atoms with Crippen molar-refractivity contribution < 1.29 is 19.5 Å². The van der Waals surface area contributed by atoms with Gasteiger partial charge in [-0.25, -0.2) is 4.79 Å². The highest BCUT2D eigenvalue weighted by molar-refractivity contribution is 6.34. The fraction of sp³-hybridized carbons (Fsp3) is 0. The monoisotopic (exact) mass is 394 g/mol. The zero-order valence-corrected chi connectivity index (χ0v) is 15.2. The number of carbonyl (C=O) groups excluding carboxylic acids is 2. The molecule has 0 aliphatic rings. The summed E-state index contributed by atoms with van der Waals surface area (Å²) in [4.78, 5) is 35.7. The number of hydrogen-bond acceptors (Lipinski definition) is 3. The third-order valence-electron chi connectivity index (χ3n) is 3.89. The molecule has 0 radical (unpaired) electrons. The Bertz CT molecular complexity index is 1050. The van der Waals surface area contributed by atoms with Crippen molar-refractivity contribution in [3.05, 3.63) is 94.5 Å². The van der Waals surface area contributed by atoms with Crippen molar-refractivity contribution in [2.24, 2.45) is 0 Å². The number of anilines is 2. The zero-order valence-electron chi connectivity index (χ0n) is 14.5. The van der Waals surface area contributed by atoms with Crippen LogP contribution < -0.4 is 10.6 Å². The van der Waals surface area contributed by atoms with Crippen molar-refractivity contribution >= 4 is 40.8 Å². The molecule has 2 amide bonds. The van der Waals surface area contributed by atoms with E-state index in [1.165, 1.54) is 30.3 Å². The molecule has 0 saturated carbocycles. The summed E-state index contributed by atoms with van der Waals surface area (Å²) in [6.45, 7) is 0. The normalized spacial score (nSPS) is 10.2. The predicted octanol–water partition coefficient (Wildman–Crippen LogP) is 4.54. The minimum absolute atomic E-state index is 0.127. The van der Waals surface area contributed by atoms with E-state index >= 15 is 0 Å². The highest BCUT2D eigenvalue weighted by Gasteiger charge is 2.12. The number of amides is 2. The van der Waals surface area contributed by atoms with Crippen molar-refractivity contribution in [2.45, 2.75) is 0 Å². The Balaban J connectivity index is 1.71. The van der Waals surface area contributed by atoms with Gasteiger partial charge in [0.1, 0.15) is 0 Å². The van der Waals surface area contributed by atoms with Crippen molar-refractivity contribution in [2.75, 3.05) is 10.6 Å². The third-order valence-corrected chi connectivity index (χ3v) is 4.22. The number of benzene rings is 3. The van der Waals surface area contributed by atoms with Gasteiger partial charge in [0.2, 0.25) is 0 Å². The number of nitrogens with one attached hydrogen (secondary N) is 2. The second-order valence-electron chi connectivity index (χ2n) is 5.85. The third kappa shape index (κ3) is 4.55. The smallest absolute Gasteiger partial charge is 0.335 e. The summed E-state index contributed by atoms with van der Waals surface area (Å²) in [5, 5.41) is 14.6. The van der Waals surface area contributed by atoms with Gasteiger partial charge >= 0.3 is 5.97 Å². The van der Waals surface area contributed by atoms with Gasteiger partial charge in [0, 0.05) is 16.9 Å². The van der Waals surface area contributed by atoms with Crippen LogP contribution in [0.2, 0.25) is 5.02 Å². The van der Waals surface area contributed by atoms with Crippen molar-refractivity contribution in [3.63, 3.8) is 0 Å². The largest absolute Gasteiger partial charge is 0.478 e. The fourth-order valence-electron chi connectivity index (χ4n) is 2.48. The summed E-state index contributed by atoms with van der Waals surface area (Å²) < 4.78 is 0. The Labute approximate surface area is 165 Å². The summed E-state index contributed by atoms with van der Waals surface area (Å²) in [6.07, 6.45) is 0. The quantitative estimate of drug-likeness (QED) is 0.591. The first-order valence-corrected chi connectivity index (χ1v) is 8.62. The van der Waals surface area contributed by atoms with Crippen LogP contribution in [0.15, 0.2) is 72.8 Å². The molecule has 0 spiro atoms. The van der Waals surface area contributed by atoms with Crippen LogP contribution >= 0.6 is 11.6 Å². The topological polar surface area (TPSA) is 95.5 Å². The van der Waals surface area contributed by atoms with Crippen LogP contribution in [0.25, 0.3) is 0 Å². The van der Waals surface area contributed by atoms with Gasteiger partial charge in [0.15, 0.2) is 0 Å². The van der Waals surface area contributed by atoms with Gasteiger partial charge in [0.25, 0.3) is 11.8 Å². The van der Waals surface area contributed by atoms with E-state index < -0.39 is 11.9 Å². The molecular weight excluding hydrogens is 380 g/mol. The second-order valence-corrected chi connectivity index (χ2v) is 6.26. The zero-order chi connectivity index (χ0) is 20.1. The van der Waals surface area contributed by atoms with E-state index in [1.807, 2.05) is 0 Å². The van der Waals surface area contributed by atoms with Crippen LogP contribution in [0.5, 0.6) is 0 Å². The highest BCUT2D eigenvalue weighted by Crippen LogP contribution is 2.19. The van der Waals surface area contributed by atoms with E-state index in [2.05, 4.69) is 10.6 Å². The number of halogens is 1. The number of rotatable bonds is 5. The van der Waals surface area contributed by atoms with Gasteiger partial charge in [-0.05, 0) is 54.6 Å². The number of carboxylic acid groups (broad SMARTS) is 1. The molecule has 0 atom stereocenters. The first-order valence-electron chi connectivity index (χ1n) is 8.25. The molecule has 0 aliphatic carbocycles. The molecule has 3 aromatic rings. The van der Waals surface area contributed by atoms with Crippen molar-refractivity contribution in [1.29, 1.82) is 0 Å². The van der Waals surface area contributed by atoms with Gasteiger partial charge < -0.3 is 15.7 Å². The lowest BCUT2D eigenvalue weighted by molar-refractivity contribution is 0.0696. The first-order chi connectivity index (χ1) is 13.4. The molecule has 3 rings (SSSR count). The molecule has 0 aromatic heterocycles. The fourth-order valence-corrected chi connectivity index (χ4v) is 2.70. The average molecular weight is 395 g/mol. The van der Waals surface area contributed by atoms with Crippen LogP contribution in [-0.4, -0.2) is 22.9 Å². The van der Waals surface area contributed by atoms with Crippen molar-refractivity contribution in [1.82, 2.24) is 0 Å². The number of aromatic carboxylic acids is 1. The summed E-state index contributed by atoms with van der Waals surface area (Å²) in [5.74, 6) is -1.82. The number of carbonyl (C=O) groups is 3. The van der Waals surface area contributed by atoms with Crippen LogP contribution in [0.3, 0.4) is 0 Å². The molecule has 140 valence electrons. The Morgan fingerprint density at radius 1 is 0.714 bits per heavy atom. The SMILES string of the molecule is O=C(O)c1ccc(NC(=O)c2cccc(NC(=O)c3ccccc3Cl)c2)cc1. The summed E-state index contributed by atoms with van der Waals surface area (Å²) >= 11 is 6.03. The lowest BCUT2D eigenvalue weighted by atomic mass is 10.1. The van der Waals surface area contributed by atoms with E-state index in [-0.39, 0.29) is 11.5 Å². The standard InChI is InChI=1S/C21H15ClN2O4/c22-18-7-2-1-6-17(18)20(26)24-16-5-3-4-14(12-16)19(25)23-15-10-8-13(9-11-15)21(27)28/h1-12H,(H,23,25)(H,24,26)(H,27,28). The van der Waals surface area contributed by atoms with Gasteiger partial charge in [-0.1, -0.05) is 29.8 Å². The molecule has 3 aromatic carbocycles. The maximum absolute atomic E-state index is 12.4. The van der Waals surface area contributed by atoms with E-state index in [0.29, 0.717) is 27.5 Å². The van der Waals surface area contributed by atoms with Gasteiger partial charge in [-0.15, -0.1) is 0 Å².